The van der Waals surface area contributed by atoms with Crippen molar-refractivity contribution in [3.05, 3.63) is 14.4 Å². The van der Waals surface area contributed by atoms with Crippen LogP contribution in [0.25, 0.3) is 0 Å². The summed E-state index contributed by atoms with van der Waals surface area (Å²) in [6.45, 7) is 6.05. The van der Waals surface area contributed by atoms with E-state index in [-0.39, 0.29) is 33.6 Å². The van der Waals surface area contributed by atoms with Crippen LogP contribution in [0.2, 0.25) is 0 Å². The van der Waals surface area contributed by atoms with E-state index in [0.717, 1.165) is 40.5 Å². The van der Waals surface area contributed by atoms with Gasteiger partial charge in [0.1, 0.15) is 6.10 Å². The minimum absolute atomic E-state index is 0. The van der Waals surface area contributed by atoms with Crippen LogP contribution in [0.15, 0.2) is 0 Å². The Kier molecular flexibility index (Phi) is 40.5. The number of rotatable bonds is 4. The summed E-state index contributed by atoms with van der Waals surface area (Å²) >= 11 is 0. The maximum atomic E-state index is 7.00. The van der Waals surface area contributed by atoms with Gasteiger partial charge in [-0.15, -0.1) is 0 Å². The Hall–Kier alpha value is 0.723. The number of hydrogen-bond acceptors (Lipinski definition) is 4. The van der Waals surface area contributed by atoms with Crippen LogP contribution in [-0.4, -0.2) is 50.4 Å². The van der Waals surface area contributed by atoms with Gasteiger partial charge in [-0.1, -0.05) is 0 Å². The van der Waals surface area contributed by atoms with Crippen LogP contribution in [-0.2, 0) is 35.7 Å². The van der Waals surface area contributed by atoms with Gasteiger partial charge in [0.2, 0.25) is 0 Å². The summed E-state index contributed by atoms with van der Waals surface area (Å²) in [6.07, 6.45) is 1.26. The molecule has 0 aromatic heterocycles. The first-order valence-electron chi connectivity index (χ1n) is 3.81. The number of ether oxygens (including phenoxy) is 2. The van der Waals surface area contributed by atoms with E-state index < -0.39 is 0 Å². The van der Waals surface area contributed by atoms with E-state index in [4.69, 9.17) is 19.7 Å². The van der Waals surface area contributed by atoms with E-state index in [0.29, 0.717) is 6.10 Å². The predicted octanol–water partition coefficient (Wildman–Crippen LogP) is 0.291. The largest absolute Gasteiger partial charge is 2.00 e. The van der Waals surface area contributed by atoms with Gasteiger partial charge in [0.25, 0.3) is 0 Å². The van der Waals surface area contributed by atoms with Crippen molar-refractivity contribution in [3.63, 3.8) is 0 Å². The zero-order chi connectivity index (χ0) is 9.82. The molecular weight excluding hydrogens is 263 g/mol. The van der Waals surface area contributed by atoms with Gasteiger partial charge < -0.3 is 34.0 Å². The number of hydrogen-bond donors (Lipinski definition) is 2. The quantitative estimate of drug-likeness (QED) is 0.443. The molecule has 4 nitrogen and oxygen atoms in total. The van der Waals surface area contributed by atoms with Crippen molar-refractivity contribution in [3.8, 4) is 0 Å². The summed E-state index contributed by atoms with van der Waals surface area (Å²) in [6, 6.07) is 0. The van der Waals surface area contributed by atoms with Crippen molar-refractivity contribution in [2.45, 2.75) is 12.5 Å². The standard InChI is InChI=1S/C6H11O2.2CH4O.CH3.Zr/c1-2-3-7-4-6-5-8-6;2*1-2;;/h6H,1-5H2;2*2H,1H3;1H3;/q-1;;;-1;+2. The summed E-state index contributed by atoms with van der Waals surface area (Å²) in [4.78, 5) is 0. The maximum Gasteiger partial charge on any atom is 2.00 e. The van der Waals surface area contributed by atoms with E-state index in [1.54, 1.807) is 0 Å². The molecule has 5 heteroatoms. The fourth-order valence-corrected chi connectivity index (χ4v) is 0.481. The Bertz CT molecular complexity index is 69.8. The van der Waals surface area contributed by atoms with Gasteiger partial charge in [0.05, 0.1) is 13.2 Å². The Morgan fingerprint density at radius 3 is 2.07 bits per heavy atom. The van der Waals surface area contributed by atoms with Gasteiger partial charge in [0.15, 0.2) is 0 Å². The van der Waals surface area contributed by atoms with Crippen LogP contribution in [0.4, 0.5) is 0 Å². The van der Waals surface area contributed by atoms with Gasteiger partial charge >= 0.3 is 26.2 Å². The molecular formula is C9H22O4Zr. The zero-order valence-corrected chi connectivity index (χ0v) is 11.8. The first-order valence-corrected chi connectivity index (χ1v) is 3.81. The molecule has 0 radical (unpaired) electrons. The third-order valence-electron chi connectivity index (χ3n) is 0.995. The number of epoxide rings is 1. The molecule has 0 aliphatic carbocycles. The Labute approximate surface area is 107 Å². The molecule has 1 rings (SSSR count). The van der Waals surface area contributed by atoms with Crippen LogP contribution in [0, 0.1) is 14.4 Å². The predicted molar refractivity (Wildman–Crippen MR) is 53.2 cm³/mol. The van der Waals surface area contributed by atoms with Crippen molar-refractivity contribution in [2.24, 2.45) is 0 Å². The molecule has 1 heterocycles. The van der Waals surface area contributed by atoms with Gasteiger partial charge in [-0.05, 0) is 0 Å². The molecule has 86 valence electrons. The fraction of sp³-hybridized carbons (Fsp3) is 0.778. The Morgan fingerprint density at radius 2 is 1.79 bits per heavy atom. The number of aliphatic hydroxyl groups is 2. The van der Waals surface area contributed by atoms with Crippen LogP contribution in [0.1, 0.15) is 6.42 Å². The van der Waals surface area contributed by atoms with E-state index in [2.05, 4.69) is 6.92 Å². The first-order chi connectivity index (χ1) is 5.93. The molecule has 1 fully saturated rings. The van der Waals surface area contributed by atoms with Crippen LogP contribution >= 0.6 is 0 Å². The SMILES string of the molecule is CO.CO.[CH2-]CCOCC1CO1.[CH3-].[Zr+2]. The molecule has 1 saturated heterocycles. The molecule has 0 aromatic rings. The molecule has 2 N–H and O–H groups in total. The molecule has 14 heavy (non-hydrogen) atoms. The van der Waals surface area contributed by atoms with Crippen molar-refractivity contribution in [1.29, 1.82) is 0 Å². The summed E-state index contributed by atoms with van der Waals surface area (Å²) in [5.41, 5.74) is 0. The van der Waals surface area contributed by atoms with Gasteiger partial charge in [-0.3, -0.25) is 0 Å². The molecule has 0 amide bonds. The summed E-state index contributed by atoms with van der Waals surface area (Å²) in [5, 5.41) is 14.0. The molecule has 1 atom stereocenters. The average Bonchev–Trinajstić information content (AvgIpc) is 2.96. The molecule has 0 spiro atoms. The first kappa shape index (κ1) is 24.1. The Morgan fingerprint density at radius 1 is 1.36 bits per heavy atom. The second-order valence-electron chi connectivity index (χ2n) is 1.88. The Balaban J connectivity index is -0.0000000750. The van der Waals surface area contributed by atoms with Crippen molar-refractivity contribution >= 4 is 0 Å². The fourth-order valence-electron chi connectivity index (χ4n) is 0.481. The average molecular weight is 285 g/mol. The third kappa shape index (κ3) is 23.0. The normalized spacial score (nSPS) is 15.6. The molecule has 1 aliphatic heterocycles. The second kappa shape index (κ2) is 23.5. The van der Waals surface area contributed by atoms with Crippen molar-refractivity contribution in [1.82, 2.24) is 0 Å². The summed E-state index contributed by atoms with van der Waals surface area (Å²) < 4.78 is 10.0. The third-order valence-corrected chi connectivity index (χ3v) is 0.995. The smallest absolute Gasteiger partial charge is 0.400 e. The van der Waals surface area contributed by atoms with Gasteiger partial charge in [-0.2, -0.15) is 6.42 Å². The molecule has 1 unspecified atom stereocenters. The molecule has 0 bridgehead atoms. The molecule has 0 aromatic carbocycles. The second-order valence-corrected chi connectivity index (χ2v) is 1.88. The number of aliphatic hydroxyl groups excluding tert-OH is 2. The summed E-state index contributed by atoms with van der Waals surface area (Å²) in [5.74, 6) is 0. The topological polar surface area (TPSA) is 62.2 Å². The van der Waals surface area contributed by atoms with Crippen molar-refractivity contribution < 1.29 is 45.9 Å². The van der Waals surface area contributed by atoms with Gasteiger partial charge in [0, 0.05) is 20.8 Å². The van der Waals surface area contributed by atoms with E-state index in [9.17, 15) is 0 Å². The van der Waals surface area contributed by atoms with Gasteiger partial charge in [-0.25, -0.2) is 0 Å². The van der Waals surface area contributed by atoms with Crippen LogP contribution in [0.3, 0.4) is 0 Å². The summed E-state index contributed by atoms with van der Waals surface area (Å²) in [7, 11) is 2.00. The van der Waals surface area contributed by atoms with E-state index in [1.165, 1.54) is 0 Å². The monoisotopic (exact) mass is 284 g/mol. The molecule has 1 aliphatic rings. The van der Waals surface area contributed by atoms with Crippen molar-refractivity contribution in [2.75, 3.05) is 34.0 Å². The van der Waals surface area contributed by atoms with E-state index in [1.807, 2.05) is 0 Å². The van der Waals surface area contributed by atoms with Crippen LogP contribution < -0.4 is 0 Å². The molecule has 0 saturated carbocycles. The maximum absolute atomic E-state index is 7.00. The van der Waals surface area contributed by atoms with E-state index >= 15 is 0 Å². The minimum Gasteiger partial charge on any atom is -0.400 e. The zero-order valence-electron chi connectivity index (χ0n) is 9.32. The van der Waals surface area contributed by atoms with Crippen LogP contribution in [0.5, 0.6) is 0 Å². The minimum atomic E-state index is 0.